The zero-order valence-corrected chi connectivity index (χ0v) is 8.66. The van der Waals surface area contributed by atoms with E-state index in [-0.39, 0.29) is 5.82 Å². The number of hydrogen-bond donors (Lipinski definition) is 1. The molecule has 0 spiro atoms. The van der Waals surface area contributed by atoms with Crippen LogP contribution in [0.5, 0.6) is 5.75 Å². The van der Waals surface area contributed by atoms with E-state index >= 15 is 0 Å². The van der Waals surface area contributed by atoms with Crippen molar-refractivity contribution in [3.05, 3.63) is 29.6 Å². The second-order valence-corrected chi connectivity index (χ2v) is 4.40. The van der Waals surface area contributed by atoms with Gasteiger partial charge >= 0.3 is 0 Å². The van der Waals surface area contributed by atoms with Gasteiger partial charge in [0.25, 0.3) is 0 Å². The molecule has 2 fully saturated rings. The van der Waals surface area contributed by atoms with Crippen molar-refractivity contribution in [3.8, 4) is 5.75 Å². The highest BCUT2D eigenvalue weighted by atomic mass is 19.1. The Hall–Kier alpha value is -1.09. The monoisotopic (exact) mass is 207 g/mol. The minimum absolute atomic E-state index is 0.163. The van der Waals surface area contributed by atoms with Crippen molar-refractivity contribution in [2.75, 3.05) is 20.2 Å². The summed E-state index contributed by atoms with van der Waals surface area (Å²) in [6.45, 7) is 2.13. The number of halogens is 1. The molecule has 2 nitrogen and oxygen atoms in total. The average molecular weight is 207 g/mol. The van der Waals surface area contributed by atoms with Gasteiger partial charge in [-0.25, -0.2) is 4.39 Å². The molecule has 2 unspecified atom stereocenters. The standard InChI is InChI=1S/C12H14FNO/c1-15-11-3-2-7(13)4-8(11)12-9-5-14-6-10(9)12/h2-4,9-10,12,14H,5-6H2,1H3. The van der Waals surface area contributed by atoms with Crippen LogP contribution in [-0.2, 0) is 0 Å². The predicted octanol–water partition coefficient (Wildman–Crippen LogP) is 1.77. The van der Waals surface area contributed by atoms with Crippen molar-refractivity contribution in [1.82, 2.24) is 5.32 Å². The van der Waals surface area contributed by atoms with Crippen LogP contribution in [-0.4, -0.2) is 20.2 Å². The van der Waals surface area contributed by atoms with E-state index in [0.717, 1.165) is 24.4 Å². The Kier molecular flexibility index (Phi) is 1.96. The van der Waals surface area contributed by atoms with Crippen molar-refractivity contribution < 1.29 is 9.13 Å². The Bertz CT molecular complexity index is 383. The zero-order chi connectivity index (χ0) is 10.4. The molecule has 0 bridgehead atoms. The van der Waals surface area contributed by atoms with Crippen LogP contribution >= 0.6 is 0 Å². The summed E-state index contributed by atoms with van der Waals surface area (Å²) in [4.78, 5) is 0. The van der Waals surface area contributed by atoms with Crippen molar-refractivity contribution in [2.45, 2.75) is 5.92 Å². The molecule has 1 saturated heterocycles. The topological polar surface area (TPSA) is 21.3 Å². The van der Waals surface area contributed by atoms with Gasteiger partial charge in [0, 0.05) is 5.56 Å². The smallest absolute Gasteiger partial charge is 0.123 e. The SMILES string of the molecule is COc1ccc(F)cc1C1C2CNCC21. The zero-order valence-electron chi connectivity index (χ0n) is 8.66. The molecule has 80 valence electrons. The van der Waals surface area contributed by atoms with E-state index in [4.69, 9.17) is 4.74 Å². The molecule has 1 N–H and O–H groups in total. The molecule has 15 heavy (non-hydrogen) atoms. The van der Waals surface area contributed by atoms with Gasteiger partial charge in [-0.15, -0.1) is 0 Å². The summed E-state index contributed by atoms with van der Waals surface area (Å²) < 4.78 is 18.5. The molecule has 3 rings (SSSR count). The van der Waals surface area contributed by atoms with Gasteiger partial charge in [0.05, 0.1) is 7.11 Å². The van der Waals surface area contributed by atoms with E-state index in [1.165, 1.54) is 6.07 Å². The number of benzene rings is 1. The highest BCUT2D eigenvalue weighted by Crippen LogP contribution is 2.57. The predicted molar refractivity (Wildman–Crippen MR) is 55.5 cm³/mol. The van der Waals surface area contributed by atoms with E-state index in [9.17, 15) is 4.39 Å². The van der Waals surface area contributed by atoms with Gasteiger partial charge in [-0.1, -0.05) is 0 Å². The van der Waals surface area contributed by atoms with E-state index in [1.807, 2.05) is 0 Å². The third-order valence-corrected chi connectivity index (χ3v) is 3.64. The third kappa shape index (κ3) is 1.34. The van der Waals surface area contributed by atoms with Crippen molar-refractivity contribution in [2.24, 2.45) is 11.8 Å². The highest BCUT2D eigenvalue weighted by molar-refractivity contribution is 5.42. The molecule has 1 aliphatic carbocycles. The van der Waals surface area contributed by atoms with Gasteiger partial charge in [-0.2, -0.15) is 0 Å². The lowest BCUT2D eigenvalue weighted by molar-refractivity contribution is 0.406. The van der Waals surface area contributed by atoms with Gasteiger partial charge in [0.15, 0.2) is 0 Å². The first kappa shape index (κ1) is 9.16. The number of methoxy groups -OCH3 is 1. The molecule has 1 heterocycles. The largest absolute Gasteiger partial charge is 0.496 e. The molecule has 1 saturated carbocycles. The molecular weight excluding hydrogens is 193 g/mol. The van der Waals surface area contributed by atoms with E-state index in [0.29, 0.717) is 17.8 Å². The lowest BCUT2D eigenvalue weighted by Gasteiger charge is -2.10. The van der Waals surface area contributed by atoms with E-state index in [1.54, 1.807) is 19.2 Å². The normalized spacial score (nSPS) is 32.5. The first-order valence-electron chi connectivity index (χ1n) is 5.35. The van der Waals surface area contributed by atoms with Crippen LogP contribution in [0.1, 0.15) is 11.5 Å². The molecule has 0 amide bonds. The summed E-state index contributed by atoms with van der Waals surface area (Å²) in [7, 11) is 1.65. The Morgan fingerprint density at radius 3 is 2.73 bits per heavy atom. The molecule has 0 aromatic heterocycles. The van der Waals surface area contributed by atoms with Crippen LogP contribution < -0.4 is 10.1 Å². The summed E-state index contributed by atoms with van der Waals surface area (Å²) in [5, 5.41) is 3.34. The summed E-state index contributed by atoms with van der Waals surface area (Å²) >= 11 is 0. The molecule has 2 atom stereocenters. The fourth-order valence-electron chi connectivity index (χ4n) is 2.85. The lowest BCUT2D eigenvalue weighted by atomic mass is 10.1. The van der Waals surface area contributed by atoms with Crippen LogP contribution in [0, 0.1) is 17.7 Å². The molecule has 3 heteroatoms. The summed E-state index contributed by atoms with van der Waals surface area (Å²) in [5.41, 5.74) is 1.05. The molecule has 1 aromatic carbocycles. The number of piperidine rings is 1. The van der Waals surface area contributed by atoms with Gasteiger partial charge in [-0.3, -0.25) is 0 Å². The third-order valence-electron chi connectivity index (χ3n) is 3.64. The second kappa shape index (κ2) is 3.20. The van der Waals surface area contributed by atoms with Crippen molar-refractivity contribution >= 4 is 0 Å². The van der Waals surface area contributed by atoms with Gasteiger partial charge < -0.3 is 10.1 Å². The van der Waals surface area contributed by atoms with Gasteiger partial charge in [0.1, 0.15) is 11.6 Å². The number of rotatable bonds is 2. The second-order valence-electron chi connectivity index (χ2n) is 4.40. The number of fused-ring (bicyclic) bond motifs is 1. The van der Waals surface area contributed by atoms with Crippen LogP contribution in [0.4, 0.5) is 4.39 Å². The quantitative estimate of drug-likeness (QED) is 0.798. The minimum atomic E-state index is -0.163. The first-order valence-corrected chi connectivity index (χ1v) is 5.35. The molecule has 1 aliphatic heterocycles. The number of hydrogen-bond acceptors (Lipinski definition) is 2. The van der Waals surface area contributed by atoms with Crippen LogP contribution in [0.15, 0.2) is 18.2 Å². The Balaban J connectivity index is 1.94. The maximum Gasteiger partial charge on any atom is 0.123 e. The van der Waals surface area contributed by atoms with Crippen LogP contribution in [0.2, 0.25) is 0 Å². The summed E-state index contributed by atoms with van der Waals surface area (Å²) in [5.74, 6) is 2.57. The van der Waals surface area contributed by atoms with Gasteiger partial charge in [0.2, 0.25) is 0 Å². The Labute approximate surface area is 88.4 Å². The van der Waals surface area contributed by atoms with Crippen molar-refractivity contribution in [3.63, 3.8) is 0 Å². The van der Waals surface area contributed by atoms with Gasteiger partial charge in [-0.05, 0) is 49.0 Å². The summed E-state index contributed by atoms with van der Waals surface area (Å²) in [6.07, 6.45) is 0. The molecule has 0 radical (unpaired) electrons. The summed E-state index contributed by atoms with van der Waals surface area (Å²) in [6, 6.07) is 4.81. The fourth-order valence-corrected chi connectivity index (χ4v) is 2.85. The Morgan fingerprint density at radius 2 is 2.07 bits per heavy atom. The van der Waals surface area contributed by atoms with Crippen LogP contribution in [0.3, 0.4) is 0 Å². The van der Waals surface area contributed by atoms with E-state index < -0.39 is 0 Å². The minimum Gasteiger partial charge on any atom is -0.496 e. The fraction of sp³-hybridized carbons (Fsp3) is 0.500. The molecular formula is C12H14FNO. The Morgan fingerprint density at radius 1 is 1.33 bits per heavy atom. The number of ether oxygens (including phenoxy) is 1. The van der Waals surface area contributed by atoms with Crippen molar-refractivity contribution in [1.29, 1.82) is 0 Å². The average Bonchev–Trinajstić information content (AvgIpc) is 2.71. The van der Waals surface area contributed by atoms with Crippen LogP contribution in [0.25, 0.3) is 0 Å². The maximum absolute atomic E-state index is 13.2. The number of nitrogens with one attached hydrogen (secondary N) is 1. The lowest BCUT2D eigenvalue weighted by Crippen LogP contribution is -2.14. The maximum atomic E-state index is 13.2. The first-order chi connectivity index (χ1) is 7.31. The highest BCUT2D eigenvalue weighted by Gasteiger charge is 2.54. The van der Waals surface area contributed by atoms with E-state index in [2.05, 4.69) is 5.32 Å². The molecule has 2 aliphatic rings. The molecule has 1 aromatic rings.